The number of hydrogen-bond donors (Lipinski definition) is 0. The lowest BCUT2D eigenvalue weighted by Gasteiger charge is -2.36. The van der Waals surface area contributed by atoms with Crippen LogP contribution in [0.2, 0.25) is 5.02 Å². The van der Waals surface area contributed by atoms with Crippen LogP contribution in [0.4, 0.5) is 5.69 Å². The van der Waals surface area contributed by atoms with Crippen molar-refractivity contribution in [3.63, 3.8) is 0 Å². The number of carbonyl (C=O) groups excluding carboxylic acids is 1. The molecule has 1 amide bonds. The Labute approximate surface area is 192 Å². The van der Waals surface area contributed by atoms with Gasteiger partial charge < -0.3 is 14.5 Å². The molecule has 7 heteroatoms. The molecule has 2 aliphatic heterocycles. The van der Waals surface area contributed by atoms with E-state index in [0.29, 0.717) is 11.5 Å². The van der Waals surface area contributed by atoms with E-state index in [1.807, 2.05) is 48.5 Å². The Morgan fingerprint density at radius 2 is 1.87 bits per heavy atom. The zero-order valence-electron chi connectivity index (χ0n) is 17.6. The number of benzene rings is 2. The van der Waals surface area contributed by atoms with Gasteiger partial charge in [0.25, 0.3) is 5.91 Å². The van der Waals surface area contributed by atoms with Crippen LogP contribution in [0.25, 0.3) is 6.08 Å². The number of nitrogens with zero attached hydrogens (tertiary/aromatic N) is 3. The van der Waals surface area contributed by atoms with Crippen LogP contribution in [-0.4, -0.2) is 48.8 Å². The van der Waals surface area contributed by atoms with Crippen molar-refractivity contribution in [2.24, 2.45) is 4.99 Å². The van der Waals surface area contributed by atoms with Crippen molar-refractivity contribution in [3.8, 4) is 5.75 Å². The minimum absolute atomic E-state index is 0.180. The first-order chi connectivity index (χ1) is 15.1. The van der Waals surface area contributed by atoms with Crippen molar-refractivity contribution < 1.29 is 9.53 Å². The van der Waals surface area contributed by atoms with Crippen LogP contribution in [0.5, 0.6) is 5.75 Å². The Hall–Kier alpha value is -2.44. The van der Waals surface area contributed by atoms with Crippen LogP contribution in [0.15, 0.2) is 58.4 Å². The first-order valence-electron chi connectivity index (χ1n) is 10.6. The lowest BCUT2D eigenvalue weighted by atomic mass is 10.2. The Balaban J connectivity index is 1.39. The monoisotopic (exact) mass is 455 g/mol. The van der Waals surface area contributed by atoms with Crippen molar-refractivity contribution in [3.05, 3.63) is 64.0 Å². The van der Waals surface area contributed by atoms with E-state index in [9.17, 15) is 4.79 Å². The van der Waals surface area contributed by atoms with Crippen molar-refractivity contribution in [1.82, 2.24) is 4.90 Å². The molecule has 0 aromatic heterocycles. The summed E-state index contributed by atoms with van der Waals surface area (Å²) in [5, 5.41) is 1.53. The molecule has 0 spiro atoms. The topological polar surface area (TPSA) is 45.1 Å². The normalized spacial score (nSPS) is 17.9. The number of aliphatic imine (C=N–C) groups is 1. The van der Waals surface area contributed by atoms with Crippen LogP contribution in [-0.2, 0) is 4.79 Å². The van der Waals surface area contributed by atoms with E-state index in [0.717, 1.165) is 66.2 Å². The van der Waals surface area contributed by atoms with Gasteiger partial charge in [0.1, 0.15) is 5.75 Å². The molecule has 0 bridgehead atoms. The van der Waals surface area contributed by atoms with Gasteiger partial charge in [-0.1, -0.05) is 49.2 Å². The van der Waals surface area contributed by atoms with E-state index >= 15 is 0 Å². The van der Waals surface area contributed by atoms with E-state index < -0.39 is 0 Å². The van der Waals surface area contributed by atoms with Crippen molar-refractivity contribution >= 4 is 46.2 Å². The summed E-state index contributed by atoms with van der Waals surface area (Å²) in [7, 11) is 0. The minimum atomic E-state index is -0.180. The van der Waals surface area contributed by atoms with Crippen molar-refractivity contribution in [2.45, 2.75) is 19.8 Å². The van der Waals surface area contributed by atoms with E-state index in [4.69, 9.17) is 16.3 Å². The van der Waals surface area contributed by atoms with E-state index in [1.54, 1.807) is 0 Å². The fourth-order valence-corrected chi connectivity index (χ4v) is 4.70. The van der Waals surface area contributed by atoms with Crippen LogP contribution < -0.4 is 9.64 Å². The summed E-state index contributed by atoms with van der Waals surface area (Å²) in [6, 6.07) is 15.8. The van der Waals surface area contributed by atoms with E-state index in [-0.39, 0.29) is 5.91 Å². The lowest BCUT2D eigenvalue weighted by molar-refractivity contribution is -0.113. The molecule has 4 rings (SSSR count). The number of anilines is 1. The van der Waals surface area contributed by atoms with Crippen LogP contribution in [0, 0.1) is 0 Å². The van der Waals surface area contributed by atoms with E-state index in [2.05, 4.69) is 27.8 Å². The number of carbonyl (C=O) groups is 1. The number of piperazine rings is 1. The van der Waals surface area contributed by atoms with Crippen LogP contribution in [0.1, 0.15) is 25.3 Å². The third-order valence-corrected chi connectivity index (χ3v) is 6.57. The lowest BCUT2D eigenvalue weighted by Crippen LogP contribution is -2.47. The largest absolute Gasteiger partial charge is 0.493 e. The second-order valence-electron chi connectivity index (χ2n) is 7.50. The Morgan fingerprint density at radius 1 is 1.10 bits per heavy atom. The summed E-state index contributed by atoms with van der Waals surface area (Å²) in [4.78, 5) is 22.0. The SMILES string of the molecule is CCCCOc1ccccc1C=C1SC(N2CCN(c3cccc(Cl)c3)CC2)=NC1=O. The van der Waals surface area contributed by atoms with Gasteiger partial charge >= 0.3 is 0 Å². The molecule has 2 aromatic rings. The number of thioether (sulfide) groups is 1. The van der Waals surface area contributed by atoms with Gasteiger partial charge in [0.05, 0.1) is 11.5 Å². The molecule has 5 nitrogen and oxygen atoms in total. The van der Waals surface area contributed by atoms with Crippen LogP contribution in [0.3, 0.4) is 0 Å². The quantitative estimate of drug-likeness (QED) is 0.436. The number of hydrogen-bond acceptors (Lipinski definition) is 5. The van der Waals surface area contributed by atoms with Gasteiger partial charge in [-0.2, -0.15) is 4.99 Å². The fourth-order valence-electron chi connectivity index (χ4n) is 3.56. The Morgan fingerprint density at radius 3 is 2.65 bits per heavy atom. The Bertz CT molecular complexity index is 1000. The highest BCUT2D eigenvalue weighted by Gasteiger charge is 2.28. The molecule has 0 radical (unpaired) electrons. The van der Waals surface area contributed by atoms with Crippen LogP contribution >= 0.6 is 23.4 Å². The third kappa shape index (κ3) is 5.43. The number of rotatable bonds is 6. The van der Waals surface area contributed by atoms with Crippen molar-refractivity contribution in [1.29, 1.82) is 0 Å². The highest BCUT2D eigenvalue weighted by molar-refractivity contribution is 8.18. The van der Waals surface area contributed by atoms with Gasteiger partial charge in [-0.05, 0) is 48.5 Å². The smallest absolute Gasteiger partial charge is 0.286 e. The summed E-state index contributed by atoms with van der Waals surface area (Å²) in [6.45, 7) is 6.17. The first-order valence-corrected chi connectivity index (χ1v) is 11.8. The highest BCUT2D eigenvalue weighted by atomic mass is 35.5. The maximum absolute atomic E-state index is 12.6. The summed E-state index contributed by atoms with van der Waals surface area (Å²) in [6.07, 6.45) is 3.99. The van der Waals surface area contributed by atoms with Gasteiger partial charge in [0.15, 0.2) is 5.17 Å². The predicted octanol–water partition coefficient (Wildman–Crippen LogP) is 5.31. The van der Waals surface area contributed by atoms with Gasteiger partial charge in [-0.25, -0.2) is 0 Å². The summed E-state index contributed by atoms with van der Waals surface area (Å²) in [5.41, 5.74) is 2.04. The minimum Gasteiger partial charge on any atom is -0.493 e. The second-order valence-corrected chi connectivity index (χ2v) is 8.95. The Kier molecular flexibility index (Phi) is 7.20. The zero-order valence-corrected chi connectivity index (χ0v) is 19.2. The second kappa shape index (κ2) is 10.2. The molecular formula is C24H26ClN3O2S. The molecule has 1 fully saturated rings. The molecule has 2 heterocycles. The number of amidine groups is 1. The van der Waals surface area contributed by atoms with Gasteiger partial charge in [0.2, 0.25) is 0 Å². The maximum atomic E-state index is 12.6. The fraction of sp³-hybridized carbons (Fsp3) is 0.333. The number of halogens is 1. The predicted molar refractivity (Wildman–Crippen MR) is 130 cm³/mol. The summed E-state index contributed by atoms with van der Waals surface area (Å²) < 4.78 is 5.90. The molecular weight excluding hydrogens is 430 g/mol. The molecule has 0 saturated carbocycles. The molecule has 2 aromatic carbocycles. The standard InChI is InChI=1S/C24H26ClN3O2S/c1-2-3-15-30-21-10-5-4-7-18(21)16-22-23(29)26-24(31-22)28-13-11-27(12-14-28)20-9-6-8-19(25)17-20/h4-10,16-17H,2-3,11-15H2,1H3. The highest BCUT2D eigenvalue weighted by Crippen LogP contribution is 2.33. The molecule has 0 unspecified atom stereocenters. The zero-order chi connectivity index (χ0) is 21.6. The number of unbranched alkanes of at least 4 members (excludes halogenated alkanes) is 1. The number of amides is 1. The van der Waals surface area contributed by atoms with E-state index in [1.165, 1.54) is 11.8 Å². The number of para-hydroxylation sites is 1. The molecule has 2 aliphatic rings. The van der Waals surface area contributed by atoms with Gasteiger partial charge in [-0.15, -0.1) is 0 Å². The van der Waals surface area contributed by atoms with Crippen molar-refractivity contribution in [2.75, 3.05) is 37.7 Å². The molecule has 0 aliphatic carbocycles. The van der Waals surface area contributed by atoms with Gasteiger partial charge in [0, 0.05) is 42.5 Å². The summed E-state index contributed by atoms with van der Waals surface area (Å²) >= 11 is 7.58. The molecule has 0 N–H and O–H groups in total. The van der Waals surface area contributed by atoms with Gasteiger partial charge in [-0.3, -0.25) is 4.79 Å². The number of ether oxygens (including phenoxy) is 1. The molecule has 0 atom stereocenters. The molecule has 162 valence electrons. The molecule has 31 heavy (non-hydrogen) atoms. The first kappa shape index (κ1) is 21.8. The average Bonchev–Trinajstić information content (AvgIpc) is 3.15. The maximum Gasteiger partial charge on any atom is 0.286 e. The average molecular weight is 456 g/mol. The summed E-state index contributed by atoms with van der Waals surface area (Å²) in [5.74, 6) is 0.626. The third-order valence-electron chi connectivity index (χ3n) is 5.29. The molecule has 1 saturated heterocycles.